The van der Waals surface area contributed by atoms with Crippen molar-refractivity contribution in [2.75, 3.05) is 19.8 Å². The van der Waals surface area contributed by atoms with Crippen LogP contribution in [0.25, 0.3) is 0 Å². The molecule has 1 amide bonds. The normalized spacial score (nSPS) is 22.2. The lowest BCUT2D eigenvalue weighted by molar-refractivity contribution is -0.128. The average Bonchev–Trinajstić information content (AvgIpc) is 3.57. The molecule has 2 N–H and O–H groups in total. The number of nitrogens with zero attached hydrogens (tertiary/aromatic N) is 1. The zero-order valence-corrected chi connectivity index (χ0v) is 19.8. The summed E-state index contributed by atoms with van der Waals surface area (Å²) in [5.41, 5.74) is 0.780. The van der Waals surface area contributed by atoms with Crippen LogP contribution >= 0.6 is 15.9 Å². The summed E-state index contributed by atoms with van der Waals surface area (Å²) in [6.07, 6.45) is 2.96. The molecule has 0 aromatic heterocycles. The number of halogens is 1. The monoisotopic (exact) mass is 500 g/mol. The van der Waals surface area contributed by atoms with Gasteiger partial charge in [0.15, 0.2) is 5.54 Å². The van der Waals surface area contributed by atoms with Gasteiger partial charge in [-0.2, -0.15) is 0 Å². The molecule has 1 saturated carbocycles. The van der Waals surface area contributed by atoms with E-state index in [0.717, 1.165) is 21.3 Å². The van der Waals surface area contributed by atoms with Gasteiger partial charge in [0.05, 0.1) is 6.61 Å². The Balaban J connectivity index is 1.59. The number of ether oxygens (including phenoxy) is 2. The molecule has 1 aliphatic carbocycles. The van der Waals surface area contributed by atoms with Crippen LogP contribution in [0.15, 0.2) is 58.0 Å². The van der Waals surface area contributed by atoms with Crippen LogP contribution in [-0.2, 0) is 16.0 Å². The van der Waals surface area contributed by atoms with Gasteiger partial charge in [0.25, 0.3) is 5.91 Å². The van der Waals surface area contributed by atoms with Crippen molar-refractivity contribution in [3.05, 3.63) is 64.1 Å². The number of aliphatic hydroxyl groups excluding tert-OH is 1. The Morgan fingerprint density at radius 1 is 1.25 bits per heavy atom. The zero-order chi connectivity index (χ0) is 22.6. The molecular weight excluding hydrogens is 472 g/mol. The lowest BCUT2D eigenvalue weighted by Gasteiger charge is -2.28. The second kappa shape index (κ2) is 10.0. The Bertz CT molecular complexity index is 974. The van der Waals surface area contributed by atoms with E-state index in [4.69, 9.17) is 19.6 Å². The number of hydrogen-bond acceptors (Lipinski definition) is 5. The number of amides is 1. The smallest absolute Gasteiger partial charge is 0.252 e. The largest absolute Gasteiger partial charge is 0.494 e. The maximum Gasteiger partial charge on any atom is 0.252 e. The summed E-state index contributed by atoms with van der Waals surface area (Å²) in [6.45, 7) is 3.16. The predicted molar refractivity (Wildman–Crippen MR) is 127 cm³/mol. The molecule has 32 heavy (non-hydrogen) atoms. The van der Waals surface area contributed by atoms with Crippen LogP contribution in [-0.4, -0.2) is 48.3 Å². The molecule has 6 nitrogen and oxygen atoms in total. The number of carbonyl (C=O) groups excluding carboxylic acids is 1. The van der Waals surface area contributed by atoms with E-state index in [1.165, 1.54) is 12.8 Å². The highest BCUT2D eigenvalue weighted by atomic mass is 79.9. The second-order valence-corrected chi connectivity index (χ2v) is 9.33. The summed E-state index contributed by atoms with van der Waals surface area (Å²) in [5, 5.41) is 12.0. The van der Waals surface area contributed by atoms with Crippen molar-refractivity contribution in [3.8, 4) is 5.75 Å². The molecule has 0 saturated heterocycles. The Morgan fingerprint density at radius 3 is 2.69 bits per heavy atom. The molecule has 0 spiro atoms. The van der Waals surface area contributed by atoms with Crippen molar-refractivity contribution in [3.63, 3.8) is 0 Å². The zero-order valence-electron chi connectivity index (χ0n) is 18.2. The van der Waals surface area contributed by atoms with Gasteiger partial charge in [-0.25, -0.2) is 4.99 Å². The molecule has 2 aliphatic rings. The van der Waals surface area contributed by atoms with E-state index in [9.17, 15) is 4.79 Å². The summed E-state index contributed by atoms with van der Waals surface area (Å²) in [5.74, 6) is 1.68. The summed E-state index contributed by atoms with van der Waals surface area (Å²) >= 11 is 3.61. The van der Waals surface area contributed by atoms with Crippen molar-refractivity contribution in [2.45, 2.75) is 44.2 Å². The van der Waals surface area contributed by atoms with Gasteiger partial charge in [-0.1, -0.05) is 34.1 Å². The minimum atomic E-state index is -1.04. The average molecular weight is 501 g/mol. The first-order chi connectivity index (χ1) is 15.5. The highest BCUT2D eigenvalue weighted by molar-refractivity contribution is 9.10. The summed E-state index contributed by atoms with van der Waals surface area (Å²) in [6, 6.07) is 15.4. The Hall–Kier alpha value is -2.38. The van der Waals surface area contributed by atoms with Crippen LogP contribution < -0.4 is 10.1 Å². The van der Waals surface area contributed by atoms with E-state index in [2.05, 4.69) is 21.2 Å². The van der Waals surface area contributed by atoms with E-state index in [1.54, 1.807) is 0 Å². The Labute approximate surface area is 197 Å². The molecule has 1 fully saturated rings. The van der Waals surface area contributed by atoms with Crippen molar-refractivity contribution >= 4 is 27.7 Å². The van der Waals surface area contributed by atoms with Crippen LogP contribution in [0.5, 0.6) is 5.75 Å². The molecule has 7 heteroatoms. The van der Waals surface area contributed by atoms with Gasteiger partial charge in [-0.05, 0) is 61.6 Å². The topological polar surface area (TPSA) is 80.2 Å². The van der Waals surface area contributed by atoms with E-state index in [1.807, 2.05) is 55.5 Å². The molecule has 0 unspecified atom stereocenters. The number of benzene rings is 2. The summed E-state index contributed by atoms with van der Waals surface area (Å²) in [4.78, 5) is 18.3. The summed E-state index contributed by atoms with van der Waals surface area (Å²) in [7, 11) is 0. The van der Waals surface area contributed by atoms with Gasteiger partial charge in [0.1, 0.15) is 11.9 Å². The van der Waals surface area contributed by atoms with E-state index >= 15 is 0 Å². The second-order valence-electron chi connectivity index (χ2n) is 8.47. The lowest BCUT2D eigenvalue weighted by atomic mass is 9.86. The number of carbonyl (C=O) groups is 1. The van der Waals surface area contributed by atoms with Crippen molar-refractivity contribution in [2.24, 2.45) is 10.9 Å². The van der Waals surface area contributed by atoms with E-state index in [-0.39, 0.29) is 12.5 Å². The molecule has 0 radical (unpaired) electrons. The number of hydrogen-bond donors (Lipinski definition) is 2. The standard InChI is InChI=1S/C25H29BrN2O4/c1-17-25(24(30)27-16-18-7-8-18,15-20-5-2-3-6-22(20)26)28-23(32-17)19-9-11-21(12-10-19)31-14-4-13-29/h2-3,5-6,9-12,17-18,29H,4,7-8,13-16H2,1H3,(H,27,30)/t17-,25-/m1/s1. The third kappa shape index (κ3) is 5.15. The minimum absolute atomic E-state index is 0.0911. The van der Waals surface area contributed by atoms with Crippen LogP contribution in [0, 0.1) is 5.92 Å². The quantitative estimate of drug-likeness (QED) is 0.485. The van der Waals surface area contributed by atoms with Gasteiger partial charge < -0.3 is 19.9 Å². The Kier molecular flexibility index (Phi) is 7.16. The molecule has 4 rings (SSSR count). The molecule has 2 atom stereocenters. The van der Waals surface area contributed by atoms with Gasteiger partial charge in [-0.3, -0.25) is 4.79 Å². The van der Waals surface area contributed by atoms with E-state index < -0.39 is 11.6 Å². The maximum absolute atomic E-state index is 13.4. The molecule has 170 valence electrons. The first-order valence-corrected chi connectivity index (χ1v) is 11.9. The van der Waals surface area contributed by atoms with E-state index in [0.29, 0.717) is 37.8 Å². The van der Waals surface area contributed by atoms with Crippen molar-refractivity contribution in [1.82, 2.24) is 5.32 Å². The molecule has 2 aromatic carbocycles. The Morgan fingerprint density at radius 2 is 2.00 bits per heavy atom. The van der Waals surface area contributed by atoms with Crippen LogP contribution in [0.2, 0.25) is 0 Å². The number of rotatable bonds is 10. The lowest BCUT2D eigenvalue weighted by Crippen LogP contribution is -2.53. The van der Waals surface area contributed by atoms with Gasteiger partial charge >= 0.3 is 0 Å². The fourth-order valence-corrected chi connectivity index (χ4v) is 4.21. The molecule has 2 aromatic rings. The van der Waals surface area contributed by atoms with Gasteiger partial charge in [-0.15, -0.1) is 0 Å². The first-order valence-electron chi connectivity index (χ1n) is 11.1. The highest BCUT2D eigenvalue weighted by Crippen LogP contribution is 2.35. The summed E-state index contributed by atoms with van der Waals surface area (Å²) < 4.78 is 12.7. The van der Waals surface area contributed by atoms with Crippen LogP contribution in [0.4, 0.5) is 0 Å². The van der Waals surface area contributed by atoms with Gasteiger partial charge in [0, 0.05) is 36.0 Å². The minimum Gasteiger partial charge on any atom is -0.494 e. The van der Waals surface area contributed by atoms with Crippen molar-refractivity contribution in [1.29, 1.82) is 0 Å². The fourth-order valence-electron chi connectivity index (χ4n) is 3.79. The van der Waals surface area contributed by atoms with Gasteiger partial charge in [0.2, 0.25) is 5.90 Å². The number of aliphatic imine (C=N–C) groups is 1. The molecular formula is C25H29BrN2O4. The molecule has 1 heterocycles. The number of aliphatic hydroxyl groups is 1. The first kappa shape index (κ1) is 22.8. The predicted octanol–water partition coefficient (Wildman–Crippen LogP) is 3.88. The molecule has 0 bridgehead atoms. The van der Waals surface area contributed by atoms with Crippen molar-refractivity contribution < 1.29 is 19.4 Å². The van der Waals surface area contributed by atoms with Crippen LogP contribution in [0.3, 0.4) is 0 Å². The number of nitrogens with one attached hydrogen (secondary N) is 1. The highest BCUT2D eigenvalue weighted by Gasteiger charge is 2.50. The third-order valence-electron chi connectivity index (χ3n) is 5.99. The third-order valence-corrected chi connectivity index (χ3v) is 6.77. The fraction of sp³-hybridized carbons (Fsp3) is 0.440. The SMILES string of the molecule is C[C@H]1OC(c2ccc(OCCCO)cc2)=N[C@@]1(Cc1ccccc1Br)C(=O)NCC1CC1. The maximum atomic E-state index is 13.4. The molecule has 1 aliphatic heterocycles. The van der Waals surface area contributed by atoms with Crippen LogP contribution in [0.1, 0.15) is 37.3 Å².